The first kappa shape index (κ1) is 17.8. The van der Waals surface area contributed by atoms with E-state index in [4.69, 9.17) is 0 Å². The van der Waals surface area contributed by atoms with Gasteiger partial charge in [-0.05, 0) is 12.8 Å². The second-order valence-electron chi connectivity index (χ2n) is 6.29. The van der Waals surface area contributed by atoms with Gasteiger partial charge in [0.25, 0.3) is 16.4 Å². The normalized spacial score (nSPS) is 16.9. The standard InChI is InChI=1S/C15H21F2N5O2S/c16-14(17)10-22-9-12(8-18-22)25(23,24)21-15-7-13(19-20-15)11-5-3-1-2-4-6-11/h7-9,11,14H,1-6,10H2,(H2,19,20,21). The predicted molar refractivity (Wildman–Crippen MR) is 88.1 cm³/mol. The van der Waals surface area contributed by atoms with Crippen LogP contribution in [0.4, 0.5) is 14.6 Å². The molecule has 1 saturated carbocycles. The zero-order valence-electron chi connectivity index (χ0n) is 13.7. The Morgan fingerprint density at radius 1 is 1.28 bits per heavy atom. The van der Waals surface area contributed by atoms with Gasteiger partial charge in [0.15, 0.2) is 5.82 Å². The molecule has 0 saturated heterocycles. The molecule has 0 atom stereocenters. The molecule has 1 aliphatic carbocycles. The average molecular weight is 373 g/mol. The number of aromatic nitrogens is 4. The van der Waals surface area contributed by atoms with Crippen LogP contribution in [0, 0.1) is 0 Å². The van der Waals surface area contributed by atoms with Crippen LogP contribution < -0.4 is 4.72 Å². The van der Waals surface area contributed by atoms with E-state index in [0.29, 0.717) is 5.92 Å². The first-order valence-corrected chi connectivity index (χ1v) is 9.81. The number of sulfonamides is 1. The second kappa shape index (κ2) is 7.51. The summed E-state index contributed by atoms with van der Waals surface area (Å²) < 4.78 is 52.6. The summed E-state index contributed by atoms with van der Waals surface area (Å²) in [5, 5.41) is 10.6. The van der Waals surface area contributed by atoms with E-state index in [2.05, 4.69) is 20.0 Å². The van der Waals surface area contributed by atoms with E-state index in [1.165, 1.54) is 12.8 Å². The molecule has 7 nitrogen and oxygen atoms in total. The molecule has 2 N–H and O–H groups in total. The van der Waals surface area contributed by atoms with Crippen molar-refractivity contribution in [3.63, 3.8) is 0 Å². The highest BCUT2D eigenvalue weighted by molar-refractivity contribution is 7.92. The lowest BCUT2D eigenvalue weighted by molar-refractivity contribution is 0.121. The van der Waals surface area contributed by atoms with Crippen molar-refractivity contribution in [2.24, 2.45) is 0 Å². The lowest BCUT2D eigenvalue weighted by Gasteiger charge is -2.10. The minimum Gasteiger partial charge on any atom is -0.280 e. The smallest absolute Gasteiger partial charge is 0.266 e. The molecular weight excluding hydrogens is 352 g/mol. The fourth-order valence-electron chi connectivity index (χ4n) is 3.11. The lowest BCUT2D eigenvalue weighted by atomic mass is 9.97. The van der Waals surface area contributed by atoms with Crippen LogP contribution in [0.5, 0.6) is 0 Å². The number of hydrogen-bond donors (Lipinski definition) is 2. The molecule has 0 aromatic carbocycles. The molecular formula is C15H21F2N5O2S. The summed E-state index contributed by atoms with van der Waals surface area (Å²) >= 11 is 0. The lowest BCUT2D eigenvalue weighted by Crippen LogP contribution is -2.13. The number of nitrogens with one attached hydrogen (secondary N) is 2. The van der Waals surface area contributed by atoms with Crippen LogP contribution in [0.2, 0.25) is 0 Å². The van der Waals surface area contributed by atoms with Crippen molar-refractivity contribution in [2.75, 3.05) is 4.72 Å². The maximum absolute atomic E-state index is 12.3. The molecule has 25 heavy (non-hydrogen) atoms. The Balaban J connectivity index is 1.69. The van der Waals surface area contributed by atoms with Crippen molar-refractivity contribution in [3.05, 3.63) is 24.2 Å². The SMILES string of the molecule is O=S(=O)(Nc1cc(C2CCCCCC2)[nH]n1)c1cnn(CC(F)F)c1. The van der Waals surface area contributed by atoms with E-state index in [1.54, 1.807) is 6.07 Å². The van der Waals surface area contributed by atoms with E-state index in [9.17, 15) is 17.2 Å². The van der Waals surface area contributed by atoms with Gasteiger partial charge in [-0.25, -0.2) is 17.2 Å². The van der Waals surface area contributed by atoms with Crippen LogP contribution in [-0.4, -0.2) is 34.8 Å². The second-order valence-corrected chi connectivity index (χ2v) is 7.97. The number of nitrogens with zero attached hydrogens (tertiary/aromatic N) is 3. The maximum Gasteiger partial charge on any atom is 0.266 e. The predicted octanol–water partition coefficient (Wildman–Crippen LogP) is 3.11. The Hall–Kier alpha value is -1.97. The zero-order chi connectivity index (χ0) is 17.9. The van der Waals surface area contributed by atoms with Crippen LogP contribution in [0.25, 0.3) is 0 Å². The summed E-state index contributed by atoms with van der Waals surface area (Å²) in [5.74, 6) is 0.558. The van der Waals surface area contributed by atoms with Crippen molar-refractivity contribution in [1.29, 1.82) is 0 Å². The van der Waals surface area contributed by atoms with Gasteiger partial charge in [-0.15, -0.1) is 0 Å². The quantitative estimate of drug-likeness (QED) is 0.761. The van der Waals surface area contributed by atoms with E-state index in [1.807, 2.05) is 0 Å². The number of H-pyrrole nitrogens is 1. The van der Waals surface area contributed by atoms with Gasteiger partial charge >= 0.3 is 0 Å². The Kier molecular flexibility index (Phi) is 5.36. The van der Waals surface area contributed by atoms with Crippen LogP contribution >= 0.6 is 0 Å². The molecule has 1 fully saturated rings. The van der Waals surface area contributed by atoms with Crippen LogP contribution in [0.1, 0.15) is 50.1 Å². The van der Waals surface area contributed by atoms with Crippen molar-refractivity contribution in [1.82, 2.24) is 20.0 Å². The molecule has 138 valence electrons. The third-order valence-electron chi connectivity index (χ3n) is 4.38. The Bertz CT molecular complexity index is 794. The number of anilines is 1. The van der Waals surface area contributed by atoms with Crippen molar-refractivity contribution >= 4 is 15.8 Å². The Labute approximate surface area is 144 Å². The van der Waals surface area contributed by atoms with Gasteiger partial charge in [-0.2, -0.15) is 10.2 Å². The largest absolute Gasteiger partial charge is 0.280 e. The molecule has 2 aromatic heterocycles. The zero-order valence-corrected chi connectivity index (χ0v) is 14.5. The molecule has 2 heterocycles. The fourth-order valence-corrected chi connectivity index (χ4v) is 4.05. The first-order chi connectivity index (χ1) is 11.9. The third-order valence-corrected chi connectivity index (χ3v) is 5.69. The molecule has 2 aromatic rings. The van der Waals surface area contributed by atoms with E-state index >= 15 is 0 Å². The van der Waals surface area contributed by atoms with Gasteiger partial charge in [0.05, 0.1) is 6.20 Å². The molecule has 1 aliphatic rings. The number of rotatable bonds is 6. The highest BCUT2D eigenvalue weighted by atomic mass is 32.2. The minimum absolute atomic E-state index is 0.174. The van der Waals surface area contributed by atoms with Crippen LogP contribution in [-0.2, 0) is 16.6 Å². The summed E-state index contributed by atoms with van der Waals surface area (Å²) in [6.45, 7) is -0.649. The number of aromatic amines is 1. The monoisotopic (exact) mass is 373 g/mol. The Morgan fingerprint density at radius 2 is 2.00 bits per heavy atom. The van der Waals surface area contributed by atoms with Gasteiger partial charge < -0.3 is 0 Å². The summed E-state index contributed by atoms with van der Waals surface area (Å²) in [5.41, 5.74) is 0.924. The topological polar surface area (TPSA) is 92.7 Å². The highest BCUT2D eigenvalue weighted by Crippen LogP contribution is 2.31. The molecule has 0 unspecified atom stereocenters. The first-order valence-electron chi connectivity index (χ1n) is 8.33. The summed E-state index contributed by atoms with van der Waals surface area (Å²) in [7, 11) is -3.91. The highest BCUT2D eigenvalue weighted by Gasteiger charge is 2.21. The molecule has 0 amide bonds. The molecule has 0 spiro atoms. The molecule has 10 heteroatoms. The number of alkyl halides is 2. The Morgan fingerprint density at radius 3 is 2.68 bits per heavy atom. The minimum atomic E-state index is -3.91. The van der Waals surface area contributed by atoms with E-state index < -0.39 is 23.0 Å². The van der Waals surface area contributed by atoms with Crippen LogP contribution in [0.15, 0.2) is 23.4 Å². The number of halogens is 2. The third kappa shape index (κ3) is 4.56. The maximum atomic E-state index is 12.3. The van der Waals surface area contributed by atoms with Crippen molar-refractivity contribution in [2.45, 2.75) is 62.3 Å². The molecule has 0 radical (unpaired) electrons. The van der Waals surface area contributed by atoms with Crippen molar-refractivity contribution in [3.8, 4) is 0 Å². The van der Waals surface area contributed by atoms with Crippen molar-refractivity contribution < 1.29 is 17.2 Å². The molecule has 0 bridgehead atoms. The summed E-state index contributed by atoms with van der Waals surface area (Å²) in [6, 6.07) is 1.71. The van der Waals surface area contributed by atoms with E-state index in [0.717, 1.165) is 48.5 Å². The van der Waals surface area contributed by atoms with E-state index in [-0.39, 0.29) is 10.7 Å². The average Bonchev–Trinajstić information content (AvgIpc) is 3.10. The number of hydrogen-bond acceptors (Lipinski definition) is 4. The molecule has 3 rings (SSSR count). The van der Waals surface area contributed by atoms with Gasteiger partial charge in [0, 0.05) is 23.9 Å². The van der Waals surface area contributed by atoms with Gasteiger partial charge in [0.1, 0.15) is 11.4 Å². The summed E-state index contributed by atoms with van der Waals surface area (Å²) in [4.78, 5) is -0.174. The molecule has 0 aliphatic heterocycles. The summed E-state index contributed by atoms with van der Waals surface area (Å²) in [6.07, 6.45) is 6.43. The van der Waals surface area contributed by atoms with Gasteiger partial charge in [-0.1, -0.05) is 25.7 Å². The van der Waals surface area contributed by atoms with Gasteiger partial charge in [0.2, 0.25) is 0 Å². The fraction of sp³-hybridized carbons (Fsp3) is 0.600. The van der Waals surface area contributed by atoms with Crippen LogP contribution in [0.3, 0.4) is 0 Å². The van der Waals surface area contributed by atoms with Gasteiger partial charge in [-0.3, -0.25) is 14.5 Å².